The number of likely N-dealkylation sites (tertiary alicyclic amines) is 1. The molecule has 0 spiro atoms. The third kappa shape index (κ3) is 3.37. The van der Waals surface area contributed by atoms with Crippen LogP contribution in [0.2, 0.25) is 0 Å². The largest absolute Gasteiger partial charge is 0.339 e. The van der Waals surface area contributed by atoms with E-state index in [2.05, 4.69) is 30.7 Å². The molecule has 0 unspecified atom stereocenters. The van der Waals surface area contributed by atoms with E-state index >= 15 is 0 Å². The molecule has 4 nitrogen and oxygen atoms in total. The Hall–Kier alpha value is -1.86. The highest BCUT2D eigenvalue weighted by Gasteiger charge is 2.28. The Morgan fingerprint density at radius 1 is 1.45 bits per heavy atom. The number of hydrogen-bond donors (Lipinski definition) is 1. The predicted octanol–water partition coefficient (Wildman–Crippen LogP) is 1.65. The van der Waals surface area contributed by atoms with Crippen LogP contribution < -0.4 is 5.73 Å². The number of carbonyl (C=O) groups excluding carboxylic acids is 1. The minimum atomic E-state index is 0.0456. The van der Waals surface area contributed by atoms with Crippen molar-refractivity contribution in [1.29, 1.82) is 0 Å². The molecule has 2 N–H and O–H groups in total. The Morgan fingerprint density at radius 3 is 2.80 bits per heavy atom. The number of nitrogens with two attached hydrogens (primary N) is 1. The van der Waals surface area contributed by atoms with Crippen molar-refractivity contribution in [3.8, 4) is 11.8 Å². The molecule has 106 valence electrons. The van der Waals surface area contributed by atoms with Crippen LogP contribution in [0.4, 0.5) is 0 Å². The fraction of sp³-hybridized carbons (Fsp3) is 0.500. The lowest BCUT2D eigenvalue weighted by Crippen LogP contribution is -2.41. The molecule has 2 heterocycles. The lowest BCUT2D eigenvalue weighted by molar-refractivity contribution is 0.0630. The first-order chi connectivity index (χ1) is 9.53. The molecule has 20 heavy (non-hydrogen) atoms. The van der Waals surface area contributed by atoms with E-state index in [0.29, 0.717) is 16.5 Å². The molecule has 2 rings (SSSR count). The normalized spacial score (nSPS) is 17.2. The van der Waals surface area contributed by atoms with Crippen molar-refractivity contribution in [3.63, 3.8) is 0 Å². The molecular formula is C16H21N3O. The van der Waals surface area contributed by atoms with Gasteiger partial charge in [-0.05, 0) is 24.3 Å². The van der Waals surface area contributed by atoms with E-state index in [-0.39, 0.29) is 12.5 Å². The fourth-order valence-electron chi connectivity index (χ4n) is 2.31. The molecule has 0 bridgehead atoms. The van der Waals surface area contributed by atoms with Crippen molar-refractivity contribution in [2.24, 2.45) is 11.1 Å². The van der Waals surface area contributed by atoms with Gasteiger partial charge in [-0.2, -0.15) is 0 Å². The van der Waals surface area contributed by atoms with Gasteiger partial charge in [0.2, 0.25) is 0 Å². The van der Waals surface area contributed by atoms with E-state index in [1.807, 2.05) is 4.90 Å². The maximum Gasteiger partial charge on any atom is 0.255 e. The van der Waals surface area contributed by atoms with Crippen LogP contribution in [0.15, 0.2) is 18.5 Å². The zero-order valence-electron chi connectivity index (χ0n) is 12.1. The summed E-state index contributed by atoms with van der Waals surface area (Å²) in [6.45, 7) is 6.38. The zero-order valence-corrected chi connectivity index (χ0v) is 12.1. The van der Waals surface area contributed by atoms with Gasteiger partial charge in [-0.1, -0.05) is 25.7 Å². The van der Waals surface area contributed by atoms with E-state index in [9.17, 15) is 4.79 Å². The standard InChI is InChI=1S/C16H21N3O/c1-16(2)6-10-19(11-7-16)15(20)14-5-9-18-12-13(14)4-3-8-17/h5,9,12H,6-8,10-11,17H2,1-2H3. The number of hydrogen-bond acceptors (Lipinski definition) is 3. The van der Waals surface area contributed by atoms with Crippen molar-refractivity contribution >= 4 is 5.91 Å². The Kier molecular flexibility index (Phi) is 4.41. The monoisotopic (exact) mass is 271 g/mol. The van der Waals surface area contributed by atoms with E-state index in [4.69, 9.17) is 5.73 Å². The zero-order chi connectivity index (χ0) is 14.6. The molecule has 0 saturated carbocycles. The third-order valence-electron chi connectivity index (χ3n) is 3.78. The Morgan fingerprint density at radius 2 is 2.15 bits per heavy atom. The molecule has 4 heteroatoms. The van der Waals surface area contributed by atoms with Crippen LogP contribution >= 0.6 is 0 Å². The van der Waals surface area contributed by atoms with Gasteiger partial charge in [0.05, 0.1) is 17.7 Å². The Balaban J connectivity index is 2.18. The minimum absolute atomic E-state index is 0.0456. The number of rotatable bonds is 1. The van der Waals surface area contributed by atoms with Crippen LogP contribution in [0, 0.1) is 17.3 Å². The van der Waals surface area contributed by atoms with Crippen LogP contribution in [-0.4, -0.2) is 35.4 Å². The molecule has 1 saturated heterocycles. The van der Waals surface area contributed by atoms with E-state index in [1.165, 1.54) is 0 Å². The number of carbonyl (C=O) groups is 1. The minimum Gasteiger partial charge on any atom is -0.339 e. The van der Waals surface area contributed by atoms with Crippen LogP contribution in [0.1, 0.15) is 42.6 Å². The second-order valence-corrected chi connectivity index (χ2v) is 5.88. The summed E-state index contributed by atoms with van der Waals surface area (Å²) in [7, 11) is 0. The molecule has 1 aliphatic rings. The highest BCUT2D eigenvalue weighted by Crippen LogP contribution is 2.30. The molecule has 1 aliphatic heterocycles. The number of amides is 1. The molecule has 0 aliphatic carbocycles. The first kappa shape index (κ1) is 14.5. The van der Waals surface area contributed by atoms with Gasteiger partial charge in [0.25, 0.3) is 5.91 Å². The van der Waals surface area contributed by atoms with Gasteiger partial charge in [-0.3, -0.25) is 9.78 Å². The molecule has 0 atom stereocenters. The smallest absolute Gasteiger partial charge is 0.255 e. The van der Waals surface area contributed by atoms with Crippen molar-refractivity contribution in [2.45, 2.75) is 26.7 Å². The lowest BCUT2D eigenvalue weighted by Gasteiger charge is -2.37. The van der Waals surface area contributed by atoms with E-state index in [0.717, 1.165) is 25.9 Å². The highest BCUT2D eigenvalue weighted by molar-refractivity contribution is 5.96. The predicted molar refractivity (Wildman–Crippen MR) is 79.1 cm³/mol. The summed E-state index contributed by atoms with van der Waals surface area (Å²) in [5, 5.41) is 0. The molecule has 1 aromatic rings. The van der Waals surface area contributed by atoms with Gasteiger partial charge in [0.1, 0.15) is 0 Å². The number of aromatic nitrogens is 1. The van der Waals surface area contributed by atoms with Crippen molar-refractivity contribution in [2.75, 3.05) is 19.6 Å². The maximum absolute atomic E-state index is 12.6. The van der Waals surface area contributed by atoms with Crippen molar-refractivity contribution < 1.29 is 4.79 Å². The molecule has 1 aromatic heterocycles. The summed E-state index contributed by atoms with van der Waals surface area (Å²) < 4.78 is 0. The number of pyridine rings is 1. The Labute approximate surface area is 120 Å². The summed E-state index contributed by atoms with van der Waals surface area (Å²) in [5.41, 5.74) is 7.00. The average Bonchev–Trinajstić information content (AvgIpc) is 2.45. The summed E-state index contributed by atoms with van der Waals surface area (Å²) in [6.07, 6.45) is 5.33. The summed E-state index contributed by atoms with van der Waals surface area (Å²) in [5.74, 6) is 5.75. The van der Waals surface area contributed by atoms with Crippen LogP contribution in [-0.2, 0) is 0 Å². The lowest BCUT2D eigenvalue weighted by atomic mass is 9.82. The van der Waals surface area contributed by atoms with Crippen LogP contribution in [0.25, 0.3) is 0 Å². The number of piperidine rings is 1. The summed E-state index contributed by atoms with van der Waals surface area (Å²) in [6, 6.07) is 1.74. The molecule has 1 amide bonds. The van der Waals surface area contributed by atoms with Gasteiger partial charge in [-0.15, -0.1) is 0 Å². The summed E-state index contributed by atoms with van der Waals surface area (Å²) >= 11 is 0. The second-order valence-electron chi connectivity index (χ2n) is 5.88. The van der Waals surface area contributed by atoms with Crippen LogP contribution in [0.5, 0.6) is 0 Å². The van der Waals surface area contributed by atoms with Crippen LogP contribution in [0.3, 0.4) is 0 Å². The van der Waals surface area contributed by atoms with Crippen molar-refractivity contribution in [1.82, 2.24) is 9.88 Å². The summed E-state index contributed by atoms with van der Waals surface area (Å²) in [4.78, 5) is 18.5. The maximum atomic E-state index is 12.6. The van der Waals surface area contributed by atoms with Gasteiger partial charge < -0.3 is 10.6 Å². The van der Waals surface area contributed by atoms with Crippen molar-refractivity contribution in [3.05, 3.63) is 29.6 Å². The van der Waals surface area contributed by atoms with E-state index in [1.54, 1.807) is 18.5 Å². The fourth-order valence-corrected chi connectivity index (χ4v) is 2.31. The highest BCUT2D eigenvalue weighted by atomic mass is 16.2. The van der Waals surface area contributed by atoms with E-state index < -0.39 is 0 Å². The number of nitrogens with zero attached hydrogens (tertiary/aromatic N) is 2. The first-order valence-electron chi connectivity index (χ1n) is 6.96. The molecule has 1 fully saturated rings. The second kappa shape index (κ2) is 6.06. The molecule has 0 radical (unpaired) electrons. The topological polar surface area (TPSA) is 59.2 Å². The van der Waals surface area contributed by atoms with Gasteiger partial charge in [0.15, 0.2) is 0 Å². The average molecular weight is 271 g/mol. The quantitative estimate of drug-likeness (QED) is 0.790. The van der Waals surface area contributed by atoms with Gasteiger partial charge in [0, 0.05) is 25.5 Å². The molecular weight excluding hydrogens is 250 g/mol. The first-order valence-corrected chi connectivity index (χ1v) is 6.96. The molecule has 0 aromatic carbocycles. The van der Waals surface area contributed by atoms with Gasteiger partial charge >= 0.3 is 0 Å². The Bertz CT molecular complexity index is 544. The SMILES string of the molecule is CC1(C)CCN(C(=O)c2ccncc2C#CCN)CC1. The van der Waals surface area contributed by atoms with Gasteiger partial charge in [-0.25, -0.2) is 0 Å². The third-order valence-corrected chi connectivity index (χ3v) is 3.78.